The molecule has 1 aliphatic rings. The maximum absolute atomic E-state index is 12.3. The van der Waals surface area contributed by atoms with Crippen LogP contribution in [0, 0.1) is 0 Å². The standard InChI is InChI=1S/C12H16N4O6S/c13-11-14-4(1-2-17)8-9(15-11)16(12(21)23-8)10-7(20)6(19)5(3-18)22-10/h5-7,10,17-20H,1-3H2,(H2,13,14,15)/t5-,6-,7-,10-/m1/s1. The van der Waals surface area contributed by atoms with Crippen molar-refractivity contribution >= 4 is 27.6 Å². The lowest BCUT2D eigenvalue weighted by Crippen LogP contribution is -2.34. The highest BCUT2D eigenvalue weighted by Crippen LogP contribution is 2.32. The molecule has 11 heteroatoms. The lowest BCUT2D eigenvalue weighted by molar-refractivity contribution is -0.0518. The molecular weight excluding hydrogens is 328 g/mol. The SMILES string of the molecule is Nc1nc(CCO)c2sc(=O)n([C@@H]3O[C@H](CO)[C@@H](O)[C@H]3O)c2n1. The molecule has 0 saturated carbocycles. The first kappa shape index (κ1) is 16.2. The third-order valence-electron chi connectivity index (χ3n) is 3.67. The largest absolute Gasteiger partial charge is 0.396 e. The average Bonchev–Trinajstić information content (AvgIpc) is 2.97. The number of aliphatic hydroxyl groups excluding tert-OH is 4. The summed E-state index contributed by atoms with van der Waals surface area (Å²) in [5.74, 6) is -0.0840. The van der Waals surface area contributed by atoms with E-state index in [1.807, 2.05) is 0 Å². The molecule has 3 heterocycles. The van der Waals surface area contributed by atoms with Crippen LogP contribution >= 0.6 is 11.3 Å². The minimum absolute atomic E-state index is 0.0840. The number of anilines is 1. The Morgan fingerprint density at radius 2 is 2.00 bits per heavy atom. The Morgan fingerprint density at radius 1 is 1.26 bits per heavy atom. The molecular formula is C12H16N4O6S. The van der Waals surface area contributed by atoms with Crippen LogP contribution in [-0.2, 0) is 11.2 Å². The number of hydrogen-bond donors (Lipinski definition) is 5. The molecule has 3 rings (SSSR count). The van der Waals surface area contributed by atoms with Crippen LogP contribution in [0.5, 0.6) is 0 Å². The normalized spacial score (nSPS) is 27.8. The van der Waals surface area contributed by atoms with Gasteiger partial charge in [-0.3, -0.25) is 9.36 Å². The predicted octanol–water partition coefficient (Wildman–Crippen LogP) is -2.42. The Balaban J connectivity index is 2.15. The molecule has 0 bridgehead atoms. The van der Waals surface area contributed by atoms with Crippen molar-refractivity contribution in [3.63, 3.8) is 0 Å². The quantitative estimate of drug-likeness (QED) is 0.406. The summed E-state index contributed by atoms with van der Waals surface area (Å²) in [6.07, 6.45) is -4.74. The first-order valence-corrected chi connectivity index (χ1v) is 7.70. The zero-order valence-electron chi connectivity index (χ0n) is 11.9. The number of aliphatic hydroxyl groups is 4. The molecule has 2 aromatic rings. The Bertz CT molecular complexity index is 777. The van der Waals surface area contributed by atoms with Crippen LogP contribution in [0.1, 0.15) is 11.9 Å². The van der Waals surface area contributed by atoms with E-state index >= 15 is 0 Å². The molecule has 126 valence electrons. The smallest absolute Gasteiger partial charge is 0.311 e. The summed E-state index contributed by atoms with van der Waals surface area (Å²) in [5.41, 5.74) is 6.22. The van der Waals surface area contributed by atoms with Gasteiger partial charge in [0, 0.05) is 13.0 Å². The highest BCUT2D eigenvalue weighted by atomic mass is 32.1. The number of ether oxygens (including phenoxy) is 1. The molecule has 0 aliphatic carbocycles. The molecule has 2 aromatic heterocycles. The fraction of sp³-hybridized carbons (Fsp3) is 0.583. The Hall–Kier alpha value is -1.63. The van der Waals surface area contributed by atoms with E-state index < -0.39 is 36.0 Å². The van der Waals surface area contributed by atoms with Crippen molar-refractivity contribution in [3.8, 4) is 0 Å². The van der Waals surface area contributed by atoms with Gasteiger partial charge in [-0.25, -0.2) is 4.98 Å². The lowest BCUT2D eigenvalue weighted by Gasteiger charge is -2.16. The summed E-state index contributed by atoms with van der Waals surface area (Å²) in [4.78, 5) is 19.9. The molecule has 6 N–H and O–H groups in total. The van der Waals surface area contributed by atoms with Crippen LogP contribution < -0.4 is 10.6 Å². The van der Waals surface area contributed by atoms with Crippen molar-refractivity contribution in [3.05, 3.63) is 15.4 Å². The molecule has 0 radical (unpaired) electrons. The van der Waals surface area contributed by atoms with Gasteiger partial charge in [-0.15, -0.1) is 0 Å². The van der Waals surface area contributed by atoms with Crippen LogP contribution in [0.15, 0.2) is 4.79 Å². The van der Waals surface area contributed by atoms with Gasteiger partial charge in [0.25, 0.3) is 0 Å². The van der Waals surface area contributed by atoms with Gasteiger partial charge in [0.1, 0.15) is 18.3 Å². The number of hydrogen-bond acceptors (Lipinski definition) is 10. The second-order valence-corrected chi connectivity index (χ2v) is 6.08. The molecule has 23 heavy (non-hydrogen) atoms. The molecule has 1 aliphatic heterocycles. The summed E-state index contributed by atoms with van der Waals surface area (Å²) < 4.78 is 6.89. The third-order valence-corrected chi connectivity index (χ3v) is 4.66. The van der Waals surface area contributed by atoms with Crippen LogP contribution in [0.2, 0.25) is 0 Å². The molecule has 10 nitrogen and oxygen atoms in total. The fourth-order valence-corrected chi connectivity index (χ4v) is 3.55. The van der Waals surface area contributed by atoms with Gasteiger partial charge < -0.3 is 30.9 Å². The first-order valence-electron chi connectivity index (χ1n) is 6.88. The highest BCUT2D eigenvalue weighted by molar-refractivity contribution is 7.16. The highest BCUT2D eigenvalue weighted by Gasteiger charge is 2.44. The van der Waals surface area contributed by atoms with Crippen molar-refractivity contribution in [1.29, 1.82) is 0 Å². The maximum atomic E-state index is 12.3. The van der Waals surface area contributed by atoms with E-state index in [9.17, 15) is 15.0 Å². The van der Waals surface area contributed by atoms with Crippen LogP contribution in [0.4, 0.5) is 5.95 Å². The second-order valence-electron chi connectivity index (χ2n) is 5.12. The van der Waals surface area contributed by atoms with Crippen molar-refractivity contribution in [2.75, 3.05) is 18.9 Å². The van der Waals surface area contributed by atoms with Crippen LogP contribution in [-0.4, -0.2) is 66.5 Å². The summed E-state index contributed by atoms with van der Waals surface area (Å²) in [6, 6.07) is 0. The van der Waals surface area contributed by atoms with Gasteiger partial charge >= 0.3 is 4.87 Å². The summed E-state index contributed by atoms with van der Waals surface area (Å²) >= 11 is 0.833. The zero-order valence-corrected chi connectivity index (χ0v) is 12.7. The van der Waals surface area contributed by atoms with Crippen LogP contribution in [0.3, 0.4) is 0 Å². The van der Waals surface area contributed by atoms with E-state index in [-0.39, 0.29) is 24.6 Å². The van der Waals surface area contributed by atoms with Gasteiger partial charge in [0.15, 0.2) is 11.9 Å². The van der Waals surface area contributed by atoms with E-state index in [4.69, 9.17) is 20.7 Å². The molecule has 1 fully saturated rings. The predicted molar refractivity (Wildman–Crippen MR) is 79.9 cm³/mol. The van der Waals surface area contributed by atoms with Crippen molar-refractivity contribution in [1.82, 2.24) is 14.5 Å². The van der Waals surface area contributed by atoms with E-state index in [2.05, 4.69) is 9.97 Å². The molecule has 4 atom stereocenters. The van der Waals surface area contributed by atoms with Crippen molar-refractivity contribution in [2.45, 2.75) is 31.0 Å². The number of thiazole rings is 1. The van der Waals surface area contributed by atoms with E-state index in [1.54, 1.807) is 0 Å². The van der Waals surface area contributed by atoms with Crippen LogP contribution in [0.25, 0.3) is 10.3 Å². The molecule has 1 saturated heterocycles. The van der Waals surface area contributed by atoms with Gasteiger partial charge in [0.2, 0.25) is 5.95 Å². The number of nitrogens with two attached hydrogens (primary N) is 1. The third kappa shape index (κ3) is 2.60. The number of nitrogens with zero attached hydrogens (tertiary/aromatic N) is 3. The summed E-state index contributed by atoms with van der Waals surface area (Å²) in [5, 5.41) is 38.2. The lowest BCUT2D eigenvalue weighted by atomic mass is 10.1. The summed E-state index contributed by atoms with van der Waals surface area (Å²) in [6.45, 7) is -0.677. The fourth-order valence-electron chi connectivity index (χ4n) is 2.59. The van der Waals surface area contributed by atoms with Gasteiger partial charge in [0.05, 0.1) is 17.0 Å². The van der Waals surface area contributed by atoms with Gasteiger partial charge in [-0.2, -0.15) is 4.98 Å². The molecule has 0 aromatic carbocycles. The molecule has 0 unspecified atom stereocenters. The number of nitrogen functional groups attached to an aromatic ring is 1. The topological polar surface area (TPSA) is 164 Å². The second kappa shape index (κ2) is 6.11. The van der Waals surface area contributed by atoms with Gasteiger partial charge in [-0.1, -0.05) is 11.3 Å². The number of fused-ring (bicyclic) bond motifs is 1. The Labute approximate surface area is 133 Å². The number of aromatic nitrogens is 3. The van der Waals surface area contributed by atoms with E-state index in [0.717, 1.165) is 15.9 Å². The minimum Gasteiger partial charge on any atom is -0.396 e. The van der Waals surface area contributed by atoms with E-state index in [1.165, 1.54) is 0 Å². The van der Waals surface area contributed by atoms with Crippen molar-refractivity contribution < 1.29 is 25.2 Å². The minimum atomic E-state index is -1.40. The van der Waals surface area contributed by atoms with Crippen molar-refractivity contribution in [2.24, 2.45) is 0 Å². The first-order chi connectivity index (χ1) is 11.0. The molecule has 0 spiro atoms. The Morgan fingerprint density at radius 3 is 2.61 bits per heavy atom. The van der Waals surface area contributed by atoms with E-state index in [0.29, 0.717) is 10.4 Å². The average molecular weight is 344 g/mol. The zero-order chi connectivity index (χ0) is 16.7. The monoisotopic (exact) mass is 344 g/mol. The maximum Gasteiger partial charge on any atom is 0.311 e. The number of rotatable bonds is 4. The van der Waals surface area contributed by atoms with Gasteiger partial charge in [-0.05, 0) is 0 Å². The molecule has 0 amide bonds. The Kier molecular flexibility index (Phi) is 4.31. The summed E-state index contributed by atoms with van der Waals surface area (Å²) in [7, 11) is 0.